The van der Waals surface area contributed by atoms with Crippen molar-refractivity contribution in [2.45, 2.75) is 13.8 Å². The number of hydrogen-bond donors (Lipinski definition) is 0. The Morgan fingerprint density at radius 1 is 1.04 bits per heavy atom. The summed E-state index contributed by atoms with van der Waals surface area (Å²) in [7, 11) is 0. The summed E-state index contributed by atoms with van der Waals surface area (Å²) in [5.41, 5.74) is 1.30. The van der Waals surface area contributed by atoms with Gasteiger partial charge in [0, 0.05) is 0 Å². The van der Waals surface area contributed by atoms with E-state index in [1.165, 1.54) is 10.9 Å². The topological polar surface area (TPSA) is 53.4 Å². The second-order valence-electron chi connectivity index (χ2n) is 5.38. The van der Waals surface area contributed by atoms with E-state index in [1.54, 1.807) is 24.3 Å². The molecule has 5 nitrogen and oxygen atoms in total. The maximum atomic E-state index is 12.5. The number of halogens is 1. The molecule has 0 atom stereocenters. The van der Waals surface area contributed by atoms with Gasteiger partial charge in [0.05, 0.1) is 18.5 Å². The summed E-state index contributed by atoms with van der Waals surface area (Å²) < 4.78 is 12.3. The van der Waals surface area contributed by atoms with Gasteiger partial charge in [0.25, 0.3) is 5.56 Å². The van der Waals surface area contributed by atoms with Crippen LogP contribution in [0.3, 0.4) is 0 Å². The minimum atomic E-state index is -0.436. The standard InChI is InChI=1S/C19H17ClN2O3/c1-3-24-15-8-10-16(11-9-15)25-17-12-21-22(19(23)18(17)20)14-6-4-13(2)5-7-14/h4-12H,3H2,1-2H3. The third-order valence-corrected chi connectivity index (χ3v) is 3.88. The Labute approximate surface area is 150 Å². The SMILES string of the molecule is CCOc1ccc(Oc2cnn(-c3ccc(C)cc3)c(=O)c2Cl)cc1. The van der Waals surface area contributed by atoms with Crippen LogP contribution in [0.15, 0.2) is 59.5 Å². The van der Waals surface area contributed by atoms with Crippen LogP contribution >= 0.6 is 11.6 Å². The van der Waals surface area contributed by atoms with E-state index in [1.807, 2.05) is 38.1 Å². The van der Waals surface area contributed by atoms with E-state index in [2.05, 4.69) is 5.10 Å². The first kappa shape index (κ1) is 17.0. The van der Waals surface area contributed by atoms with Gasteiger partial charge in [-0.2, -0.15) is 9.78 Å². The molecule has 0 unspecified atom stereocenters. The number of nitrogens with zero attached hydrogens (tertiary/aromatic N) is 2. The van der Waals surface area contributed by atoms with Crippen LogP contribution < -0.4 is 15.0 Å². The lowest BCUT2D eigenvalue weighted by Gasteiger charge is -2.10. The lowest BCUT2D eigenvalue weighted by Crippen LogP contribution is -2.21. The molecule has 1 heterocycles. The molecule has 0 aliphatic carbocycles. The van der Waals surface area contributed by atoms with Crippen LogP contribution in [0.2, 0.25) is 5.02 Å². The summed E-state index contributed by atoms with van der Waals surface area (Å²) in [4.78, 5) is 12.5. The number of rotatable bonds is 5. The number of ether oxygens (including phenoxy) is 2. The van der Waals surface area contributed by atoms with Gasteiger partial charge in [-0.1, -0.05) is 29.3 Å². The first-order valence-electron chi connectivity index (χ1n) is 7.84. The van der Waals surface area contributed by atoms with Gasteiger partial charge in [-0.05, 0) is 50.2 Å². The monoisotopic (exact) mass is 356 g/mol. The van der Waals surface area contributed by atoms with Crippen LogP contribution in [0.5, 0.6) is 17.2 Å². The van der Waals surface area contributed by atoms with Gasteiger partial charge >= 0.3 is 0 Å². The molecule has 128 valence electrons. The van der Waals surface area contributed by atoms with Crippen LogP contribution in [0.1, 0.15) is 12.5 Å². The lowest BCUT2D eigenvalue weighted by atomic mass is 10.2. The Morgan fingerprint density at radius 2 is 1.68 bits per heavy atom. The van der Waals surface area contributed by atoms with E-state index in [9.17, 15) is 4.79 Å². The second kappa shape index (κ2) is 7.40. The highest BCUT2D eigenvalue weighted by Crippen LogP contribution is 2.27. The molecule has 0 fully saturated rings. The summed E-state index contributed by atoms with van der Waals surface area (Å²) >= 11 is 6.19. The minimum absolute atomic E-state index is 0.0236. The van der Waals surface area contributed by atoms with Crippen LogP contribution in [0.25, 0.3) is 5.69 Å². The van der Waals surface area contributed by atoms with Crippen molar-refractivity contribution in [2.75, 3.05) is 6.61 Å². The quantitative estimate of drug-likeness (QED) is 0.680. The molecule has 0 aliphatic rings. The fourth-order valence-corrected chi connectivity index (χ4v) is 2.42. The first-order valence-corrected chi connectivity index (χ1v) is 8.22. The van der Waals surface area contributed by atoms with Crippen LogP contribution in [0, 0.1) is 6.92 Å². The summed E-state index contributed by atoms with van der Waals surface area (Å²) in [6, 6.07) is 14.5. The molecule has 0 radical (unpaired) electrons. The summed E-state index contributed by atoms with van der Waals surface area (Å²) in [6.07, 6.45) is 1.43. The molecule has 3 aromatic rings. The number of hydrogen-bond acceptors (Lipinski definition) is 4. The molecule has 6 heteroatoms. The zero-order chi connectivity index (χ0) is 17.8. The third-order valence-electron chi connectivity index (χ3n) is 3.53. The predicted octanol–water partition coefficient (Wildman–Crippen LogP) is 4.39. The first-order chi connectivity index (χ1) is 12.1. The zero-order valence-corrected chi connectivity index (χ0v) is 14.7. The van der Waals surface area contributed by atoms with Gasteiger partial charge in [-0.3, -0.25) is 4.79 Å². The van der Waals surface area contributed by atoms with Crippen molar-refractivity contribution in [3.8, 4) is 22.9 Å². The van der Waals surface area contributed by atoms with Crippen molar-refractivity contribution in [1.29, 1.82) is 0 Å². The van der Waals surface area contributed by atoms with Gasteiger partial charge in [0.15, 0.2) is 10.8 Å². The Hall–Kier alpha value is -2.79. The van der Waals surface area contributed by atoms with Crippen molar-refractivity contribution >= 4 is 11.6 Å². The molecular weight excluding hydrogens is 340 g/mol. The van der Waals surface area contributed by atoms with E-state index in [0.29, 0.717) is 18.0 Å². The highest BCUT2D eigenvalue weighted by Gasteiger charge is 2.12. The van der Waals surface area contributed by atoms with Gasteiger partial charge in [-0.15, -0.1) is 0 Å². The summed E-state index contributed by atoms with van der Waals surface area (Å²) in [5, 5.41) is 4.13. The van der Waals surface area contributed by atoms with E-state index in [4.69, 9.17) is 21.1 Å². The predicted molar refractivity (Wildman–Crippen MR) is 97.3 cm³/mol. The molecule has 0 N–H and O–H groups in total. The highest BCUT2D eigenvalue weighted by molar-refractivity contribution is 6.31. The Balaban J connectivity index is 1.87. The van der Waals surface area contributed by atoms with Crippen LogP contribution in [0.4, 0.5) is 0 Å². The smallest absolute Gasteiger partial charge is 0.294 e. The molecule has 3 rings (SSSR count). The van der Waals surface area contributed by atoms with Crippen LogP contribution in [-0.4, -0.2) is 16.4 Å². The fourth-order valence-electron chi connectivity index (χ4n) is 2.26. The van der Waals surface area contributed by atoms with Gasteiger partial charge < -0.3 is 9.47 Å². The van der Waals surface area contributed by atoms with Gasteiger partial charge in [0.1, 0.15) is 11.5 Å². The molecule has 0 aliphatic heterocycles. The Bertz CT molecular complexity index is 919. The third kappa shape index (κ3) is 3.83. The van der Waals surface area contributed by atoms with E-state index in [0.717, 1.165) is 11.3 Å². The summed E-state index contributed by atoms with van der Waals surface area (Å²) in [6.45, 7) is 4.48. The molecule has 2 aromatic carbocycles. The average molecular weight is 357 g/mol. The number of aryl methyl sites for hydroxylation is 1. The minimum Gasteiger partial charge on any atom is -0.494 e. The zero-order valence-electron chi connectivity index (χ0n) is 13.9. The maximum absolute atomic E-state index is 12.5. The Morgan fingerprint density at radius 3 is 2.32 bits per heavy atom. The fraction of sp³-hybridized carbons (Fsp3) is 0.158. The largest absolute Gasteiger partial charge is 0.494 e. The lowest BCUT2D eigenvalue weighted by molar-refractivity contribution is 0.339. The van der Waals surface area contributed by atoms with Crippen molar-refractivity contribution < 1.29 is 9.47 Å². The van der Waals surface area contributed by atoms with Crippen molar-refractivity contribution in [3.63, 3.8) is 0 Å². The Kier molecular flexibility index (Phi) is 5.05. The van der Waals surface area contributed by atoms with Crippen molar-refractivity contribution in [2.24, 2.45) is 0 Å². The number of aromatic nitrogens is 2. The maximum Gasteiger partial charge on any atom is 0.294 e. The average Bonchev–Trinajstić information content (AvgIpc) is 2.62. The van der Waals surface area contributed by atoms with Crippen molar-refractivity contribution in [3.05, 3.63) is 75.7 Å². The molecule has 0 saturated heterocycles. The summed E-state index contributed by atoms with van der Waals surface area (Å²) in [5.74, 6) is 1.49. The second-order valence-corrected chi connectivity index (χ2v) is 5.76. The molecule has 0 saturated carbocycles. The molecule has 1 aromatic heterocycles. The molecule has 0 amide bonds. The molecule has 0 spiro atoms. The normalized spacial score (nSPS) is 10.5. The number of benzene rings is 2. The van der Waals surface area contributed by atoms with E-state index < -0.39 is 5.56 Å². The van der Waals surface area contributed by atoms with Crippen LogP contribution in [-0.2, 0) is 0 Å². The molecule has 25 heavy (non-hydrogen) atoms. The van der Waals surface area contributed by atoms with E-state index >= 15 is 0 Å². The van der Waals surface area contributed by atoms with Gasteiger partial charge in [-0.25, -0.2) is 0 Å². The van der Waals surface area contributed by atoms with Gasteiger partial charge in [0.2, 0.25) is 0 Å². The molecule has 0 bridgehead atoms. The van der Waals surface area contributed by atoms with Crippen molar-refractivity contribution in [1.82, 2.24) is 9.78 Å². The van der Waals surface area contributed by atoms with E-state index in [-0.39, 0.29) is 10.8 Å². The molecular formula is C19H17ClN2O3. The highest BCUT2D eigenvalue weighted by atomic mass is 35.5.